The quantitative estimate of drug-likeness (QED) is 0.682. The summed E-state index contributed by atoms with van der Waals surface area (Å²) in [5, 5.41) is 5.07. The Hall–Kier alpha value is -3.09. The van der Waals surface area contributed by atoms with E-state index in [9.17, 15) is 14.4 Å². The van der Waals surface area contributed by atoms with Gasteiger partial charge in [0.15, 0.2) is 5.65 Å². The molecular weight excluding hydrogens is 296 g/mol. The fraction of sp³-hybridized carbons (Fsp3) is 0.188. The van der Waals surface area contributed by atoms with Crippen LogP contribution in [0.25, 0.3) is 5.65 Å². The lowest BCUT2D eigenvalue weighted by Gasteiger charge is -2.04. The Morgan fingerprint density at radius 2 is 1.91 bits per heavy atom. The summed E-state index contributed by atoms with van der Waals surface area (Å²) in [7, 11) is 0. The first-order valence-electron chi connectivity index (χ1n) is 7.38. The molecule has 1 saturated carbocycles. The second kappa shape index (κ2) is 4.98. The van der Waals surface area contributed by atoms with Crippen LogP contribution in [0.15, 0.2) is 46.0 Å². The number of carbonyl (C=O) groups excluding carboxylic acids is 1. The zero-order valence-electron chi connectivity index (χ0n) is 12.1. The van der Waals surface area contributed by atoms with Gasteiger partial charge in [-0.25, -0.2) is 0 Å². The van der Waals surface area contributed by atoms with Gasteiger partial charge in [0.05, 0.1) is 0 Å². The highest BCUT2D eigenvalue weighted by Gasteiger charge is 2.27. The number of benzene rings is 1. The first-order valence-corrected chi connectivity index (χ1v) is 7.38. The lowest BCUT2D eigenvalue weighted by Crippen LogP contribution is -2.19. The van der Waals surface area contributed by atoms with E-state index in [0.29, 0.717) is 11.6 Å². The minimum absolute atomic E-state index is 0.0894. The Morgan fingerprint density at radius 3 is 2.61 bits per heavy atom. The van der Waals surface area contributed by atoms with E-state index in [4.69, 9.17) is 0 Å². The number of anilines is 1. The molecule has 2 aromatic heterocycles. The molecule has 3 aromatic rings. The SMILES string of the molecule is O=C(Nc1ccccc1)c1c(=O)[nH]n2c(=O)cc(C3CC3)[nH]c12. The van der Waals surface area contributed by atoms with Crippen LogP contribution < -0.4 is 16.4 Å². The Kier molecular flexibility index (Phi) is 2.94. The van der Waals surface area contributed by atoms with Crippen molar-refractivity contribution in [3.8, 4) is 0 Å². The van der Waals surface area contributed by atoms with Crippen molar-refractivity contribution < 1.29 is 4.79 Å². The maximum Gasteiger partial charge on any atom is 0.279 e. The van der Waals surface area contributed by atoms with Crippen LogP contribution in [-0.2, 0) is 0 Å². The van der Waals surface area contributed by atoms with E-state index in [1.54, 1.807) is 24.3 Å². The molecule has 23 heavy (non-hydrogen) atoms. The van der Waals surface area contributed by atoms with Crippen LogP contribution in [0.1, 0.15) is 34.8 Å². The van der Waals surface area contributed by atoms with Gasteiger partial charge in [0.1, 0.15) is 5.56 Å². The molecule has 3 N–H and O–H groups in total. The molecule has 0 spiro atoms. The van der Waals surface area contributed by atoms with Crippen LogP contribution in [0.5, 0.6) is 0 Å². The fourth-order valence-corrected chi connectivity index (χ4v) is 2.63. The molecule has 0 unspecified atom stereocenters. The molecule has 116 valence electrons. The van der Waals surface area contributed by atoms with Crippen molar-refractivity contribution in [1.29, 1.82) is 0 Å². The van der Waals surface area contributed by atoms with Crippen molar-refractivity contribution in [1.82, 2.24) is 14.6 Å². The van der Waals surface area contributed by atoms with Crippen LogP contribution >= 0.6 is 0 Å². The summed E-state index contributed by atoms with van der Waals surface area (Å²) < 4.78 is 1.08. The Bertz CT molecular complexity index is 1010. The topological polar surface area (TPSA) is 99.2 Å². The summed E-state index contributed by atoms with van der Waals surface area (Å²) in [6, 6.07) is 10.3. The van der Waals surface area contributed by atoms with Crippen LogP contribution in [0.3, 0.4) is 0 Å². The molecule has 0 atom stereocenters. The standard InChI is InChI=1S/C16H14N4O3/c21-12-8-11(9-6-7-9)18-14-13(16(23)19-20(12)14)15(22)17-10-4-2-1-3-5-10/h1-5,8-9,18H,6-7H2,(H,17,22)(H,19,23). The number of rotatable bonds is 3. The highest BCUT2D eigenvalue weighted by Crippen LogP contribution is 2.38. The number of nitrogens with zero attached hydrogens (tertiary/aromatic N) is 1. The summed E-state index contributed by atoms with van der Waals surface area (Å²) in [6.45, 7) is 0. The summed E-state index contributed by atoms with van der Waals surface area (Å²) in [5.41, 5.74) is 0.516. The molecule has 0 bridgehead atoms. The number of fused-ring (bicyclic) bond motifs is 1. The van der Waals surface area contributed by atoms with Gasteiger partial charge in [0.25, 0.3) is 17.0 Å². The number of hydrogen-bond donors (Lipinski definition) is 3. The van der Waals surface area contributed by atoms with Gasteiger partial charge in [-0.2, -0.15) is 4.52 Å². The molecular formula is C16H14N4O3. The predicted molar refractivity (Wildman–Crippen MR) is 85.0 cm³/mol. The molecule has 7 heteroatoms. The third-order valence-corrected chi connectivity index (χ3v) is 3.94. The smallest absolute Gasteiger partial charge is 0.279 e. The minimum atomic E-state index is -0.597. The Balaban J connectivity index is 1.82. The van der Waals surface area contributed by atoms with E-state index in [2.05, 4.69) is 15.4 Å². The molecule has 1 aliphatic rings. The van der Waals surface area contributed by atoms with Crippen molar-refractivity contribution in [2.75, 3.05) is 5.32 Å². The molecule has 1 amide bonds. The first kappa shape index (κ1) is 13.6. The number of hydrogen-bond acceptors (Lipinski definition) is 3. The largest absolute Gasteiger partial charge is 0.342 e. The number of nitrogens with one attached hydrogen (secondary N) is 3. The van der Waals surface area contributed by atoms with E-state index >= 15 is 0 Å². The Morgan fingerprint density at radius 1 is 1.17 bits per heavy atom. The van der Waals surface area contributed by atoms with Gasteiger partial charge < -0.3 is 10.3 Å². The van der Waals surface area contributed by atoms with Crippen molar-refractivity contribution in [2.24, 2.45) is 0 Å². The molecule has 0 aliphatic heterocycles. The van der Waals surface area contributed by atoms with Gasteiger partial charge in [-0.1, -0.05) is 18.2 Å². The van der Waals surface area contributed by atoms with E-state index in [1.165, 1.54) is 6.07 Å². The molecule has 7 nitrogen and oxygen atoms in total. The summed E-state index contributed by atoms with van der Waals surface area (Å²) in [6.07, 6.45) is 2.01. The third kappa shape index (κ3) is 2.36. The molecule has 4 rings (SSSR count). The average molecular weight is 310 g/mol. The first-order chi connectivity index (χ1) is 11.1. The van der Waals surface area contributed by atoms with Crippen LogP contribution in [0.4, 0.5) is 5.69 Å². The van der Waals surface area contributed by atoms with Crippen molar-refractivity contribution in [2.45, 2.75) is 18.8 Å². The number of aromatic amines is 2. The van der Waals surface area contributed by atoms with Gasteiger partial charge in [-0.15, -0.1) is 0 Å². The van der Waals surface area contributed by atoms with Crippen molar-refractivity contribution in [3.63, 3.8) is 0 Å². The lowest BCUT2D eigenvalue weighted by molar-refractivity contribution is 0.102. The molecule has 1 aromatic carbocycles. The number of para-hydroxylation sites is 1. The lowest BCUT2D eigenvalue weighted by atomic mass is 10.2. The molecule has 2 heterocycles. The normalized spacial score (nSPS) is 14.1. The van der Waals surface area contributed by atoms with Gasteiger partial charge in [0, 0.05) is 17.4 Å². The van der Waals surface area contributed by atoms with Crippen LogP contribution in [0, 0.1) is 0 Å². The monoisotopic (exact) mass is 310 g/mol. The van der Waals surface area contributed by atoms with Crippen LogP contribution in [-0.4, -0.2) is 20.5 Å². The van der Waals surface area contributed by atoms with Gasteiger partial charge in [-0.05, 0) is 30.9 Å². The van der Waals surface area contributed by atoms with E-state index in [1.807, 2.05) is 6.07 Å². The number of amides is 1. The number of carbonyl (C=O) groups is 1. The average Bonchev–Trinajstić information content (AvgIpc) is 3.31. The highest BCUT2D eigenvalue weighted by atomic mass is 16.2. The maximum absolute atomic E-state index is 12.5. The molecule has 0 radical (unpaired) electrons. The van der Waals surface area contributed by atoms with Crippen LogP contribution in [0.2, 0.25) is 0 Å². The minimum Gasteiger partial charge on any atom is -0.342 e. The predicted octanol–water partition coefficient (Wildman–Crippen LogP) is 1.45. The van der Waals surface area contributed by atoms with E-state index < -0.39 is 11.5 Å². The molecule has 1 fully saturated rings. The number of aromatic nitrogens is 3. The van der Waals surface area contributed by atoms with E-state index in [-0.39, 0.29) is 16.8 Å². The van der Waals surface area contributed by atoms with Crippen molar-refractivity contribution >= 4 is 17.2 Å². The Labute approximate surface area is 130 Å². The second-order valence-electron chi connectivity index (χ2n) is 5.66. The fourth-order valence-electron chi connectivity index (χ4n) is 2.63. The summed E-state index contributed by atoms with van der Waals surface area (Å²) >= 11 is 0. The maximum atomic E-state index is 12.5. The molecule has 0 saturated heterocycles. The zero-order valence-corrected chi connectivity index (χ0v) is 12.1. The van der Waals surface area contributed by atoms with Gasteiger partial charge >= 0.3 is 0 Å². The highest BCUT2D eigenvalue weighted by molar-refractivity contribution is 6.08. The van der Waals surface area contributed by atoms with Crippen molar-refractivity contribution in [3.05, 3.63) is 68.4 Å². The second-order valence-corrected chi connectivity index (χ2v) is 5.66. The summed E-state index contributed by atoms with van der Waals surface area (Å²) in [5.74, 6) is -0.244. The van der Waals surface area contributed by atoms with Gasteiger partial charge in [0.2, 0.25) is 0 Å². The summed E-state index contributed by atoms with van der Waals surface area (Å²) in [4.78, 5) is 39.8. The molecule has 1 aliphatic carbocycles. The van der Waals surface area contributed by atoms with Gasteiger partial charge in [-0.3, -0.25) is 19.5 Å². The number of H-pyrrole nitrogens is 2. The third-order valence-electron chi connectivity index (χ3n) is 3.94. The zero-order chi connectivity index (χ0) is 16.0. The van der Waals surface area contributed by atoms with E-state index in [0.717, 1.165) is 23.1 Å².